The van der Waals surface area contributed by atoms with Gasteiger partial charge in [0.15, 0.2) is 5.96 Å². The molecule has 0 radical (unpaired) electrons. The molecular weight excluding hydrogens is 457 g/mol. The second-order valence-electron chi connectivity index (χ2n) is 8.60. The minimum atomic E-state index is -0.432. The number of hydrogen-bond donors (Lipinski definition) is 1. The molecule has 0 aromatic rings. The monoisotopic (exact) mass is 495 g/mol. The van der Waals surface area contributed by atoms with Gasteiger partial charge < -0.3 is 20.3 Å². The second kappa shape index (κ2) is 11.3. The lowest BCUT2D eigenvalue weighted by Crippen LogP contribution is -2.50. The van der Waals surface area contributed by atoms with E-state index < -0.39 is 5.60 Å². The van der Waals surface area contributed by atoms with Crippen LogP contribution in [0.25, 0.3) is 0 Å². The number of piperazine rings is 1. The molecule has 158 valence electrons. The molecule has 2 N–H and O–H groups in total. The van der Waals surface area contributed by atoms with Gasteiger partial charge in [0.1, 0.15) is 5.60 Å². The SMILES string of the molecule is CC1CCCN(C(N)=NCCCN2CCN(C(=O)OC(C)(C)C)CC2)C1.I. The molecule has 0 aliphatic carbocycles. The summed E-state index contributed by atoms with van der Waals surface area (Å²) in [5.41, 5.74) is 5.70. The molecule has 2 heterocycles. The minimum absolute atomic E-state index is 0. The van der Waals surface area contributed by atoms with E-state index in [1.165, 1.54) is 12.8 Å². The first kappa shape index (κ1) is 24.3. The molecule has 0 saturated carbocycles. The van der Waals surface area contributed by atoms with Gasteiger partial charge in [-0.1, -0.05) is 6.92 Å². The maximum absolute atomic E-state index is 12.1. The van der Waals surface area contributed by atoms with Crippen molar-refractivity contribution in [3.05, 3.63) is 0 Å². The number of nitrogens with zero attached hydrogens (tertiary/aromatic N) is 4. The van der Waals surface area contributed by atoms with Gasteiger partial charge in [0.2, 0.25) is 0 Å². The van der Waals surface area contributed by atoms with Crippen molar-refractivity contribution >= 4 is 36.0 Å². The van der Waals surface area contributed by atoms with E-state index in [0.717, 1.165) is 58.8 Å². The molecular formula is C19H38IN5O2. The summed E-state index contributed by atoms with van der Waals surface area (Å²) in [4.78, 5) is 23.0. The Labute approximate surface area is 181 Å². The summed E-state index contributed by atoms with van der Waals surface area (Å²) < 4.78 is 5.43. The van der Waals surface area contributed by atoms with E-state index in [4.69, 9.17) is 10.5 Å². The van der Waals surface area contributed by atoms with Gasteiger partial charge in [-0.25, -0.2) is 4.79 Å². The largest absolute Gasteiger partial charge is 0.444 e. The van der Waals surface area contributed by atoms with Crippen molar-refractivity contribution in [1.82, 2.24) is 14.7 Å². The van der Waals surface area contributed by atoms with E-state index in [0.29, 0.717) is 11.9 Å². The summed E-state index contributed by atoms with van der Waals surface area (Å²) in [6.07, 6.45) is 3.29. The van der Waals surface area contributed by atoms with E-state index >= 15 is 0 Å². The van der Waals surface area contributed by atoms with E-state index in [1.54, 1.807) is 4.90 Å². The normalized spacial score (nSPS) is 22.4. The second-order valence-corrected chi connectivity index (χ2v) is 8.60. The molecule has 0 aromatic heterocycles. The number of halogens is 1. The Morgan fingerprint density at radius 3 is 2.41 bits per heavy atom. The van der Waals surface area contributed by atoms with Crippen molar-refractivity contribution in [2.24, 2.45) is 16.6 Å². The predicted molar refractivity (Wildman–Crippen MR) is 121 cm³/mol. The lowest BCUT2D eigenvalue weighted by atomic mass is 10.0. The van der Waals surface area contributed by atoms with Crippen molar-refractivity contribution in [3.8, 4) is 0 Å². The van der Waals surface area contributed by atoms with Crippen LogP contribution in [0.4, 0.5) is 4.79 Å². The van der Waals surface area contributed by atoms with Crippen LogP contribution in [0.5, 0.6) is 0 Å². The fraction of sp³-hybridized carbons (Fsp3) is 0.895. The zero-order chi connectivity index (χ0) is 19.2. The smallest absolute Gasteiger partial charge is 0.410 e. The molecule has 7 nitrogen and oxygen atoms in total. The van der Waals surface area contributed by atoms with Crippen molar-refractivity contribution in [3.63, 3.8) is 0 Å². The molecule has 0 bridgehead atoms. The lowest BCUT2D eigenvalue weighted by molar-refractivity contribution is 0.0145. The van der Waals surface area contributed by atoms with Crippen LogP contribution in [-0.2, 0) is 4.74 Å². The maximum Gasteiger partial charge on any atom is 0.410 e. The first-order valence-electron chi connectivity index (χ1n) is 10.00. The molecule has 27 heavy (non-hydrogen) atoms. The first-order valence-corrected chi connectivity index (χ1v) is 10.00. The zero-order valence-corrected chi connectivity index (χ0v) is 19.8. The molecule has 2 fully saturated rings. The van der Waals surface area contributed by atoms with E-state index in [9.17, 15) is 4.79 Å². The number of aliphatic imine (C=N–C) groups is 1. The Balaban J connectivity index is 0.00000364. The lowest BCUT2D eigenvalue weighted by Gasteiger charge is -2.35. The van der Waals surface area contributed by atoms with Crippen LogP contribution in [0.3, 0.4) is 0 Å². The van der Waals surface area contributed by atoms with Crippen LogP contribution in [0.1, 0.15) is 47.0 Å². The Kier molecular flexibility index (Phi) is 10.1. The Hall–Kier alpha value is -0.770. The number of hydrogen-bond acceptors (Lipinski definition) is 4. The molecule has 8 heteroatoms. The van der Waals surface area contributed by atoms with Crippen molar-refractivity contribution in [1.29, 1.82) is 0 Å². The molecule has 1 unspecified atom stereocenters. The minimum Gasteiger partial charge on any atom is -0.444 e. The van der Waals surface area contributed by atoms with Crippen LogP contribution in [0.15, 0.2) is 4.99 Å². The third-order valence-corrected chi connectivity index (χ3v) is 4.91. The molecule has 0 spiro atoms. The first-order chi connectivity index (χ1) is 12.2. The molecule has 2 rings (SSSR count). The zero-order valence-electron chi connectivity index (χ0n) is 17.4. The molecule has 1 atom stereocenters. The van der Waals surface area contributed by atoms with Crippen LogP contribution in [0.2, 0.25) is 0 Å². The van der Waals surface area contributed by atoms with E-state index in [-0.39, 0.29) is 30.1 Å². The molecule has 2 aliphatic heterocycles. The van der Waals surface area contributed by atoms with Crippen LogP contribution in [-0.4, -0.2) is 84.7 Å². The molecule has 2 saturated heterocycles. The summed E-state index contributed by atoms with van der Waals surface area (Å²) >= 11 is 0. The topological polar surface area (TPSA) is 74.4 Å². The average molecular weight is 495 g/mol. The van der Waals surface area contributed by atoms with Gasteiger partial charge in [-0.2, -0.15) is 0 Å². The predicted octanol–water partition coefficient (Wildman–Crippen LogP) is 2.59. The highest BCUT2D eigenvalue weighted by Gasteiger charge is 2.25. The summed E-state index contributed by atoms with van der Waals surface area (Å²) in [5, 5.41) is 0. The number of rotatable bonds is 4. The molecule has 2 aliphatic rings. The van der Waals surface area contributed by atoms with Crippen LogP contribution < -0.4 is 5.73 Å². The highest BCUT2D eigenvalue weighted by Crippen LogP contribution is 2.15. The Bertz CT molecular complexity index is 487. The summed E-state index contributed by atoms with van der Waals surface area (Å²) in [5.74, 6) is 1.41. The average Bonchev–Trinajstić information content (AvgIpc) is 2.57. The number of carbonyl (C=O) groups is 1. The highest BCUT2D eigenvalue weighted by atomic mass is 127. The van der Waals surface area contributed by atoms with Gasteiger partial charge in [-0.3, -0.25) is 9.89 Å². The number of carbonyl (C=O) groups excluding carboxylic acids is 1. The Morgan fingerprint density at radius 2 is 1.81 bits per heavy atom. The number of ether oxygens (including phenoxy) is 1. The van der Waals surface area contributed by atoms with Gasteiger partial charge in [0, 0.05) is 52.4 Å². The van der Waals surface area contributed by atoms with Gasteiger partial charge in [0.25, 0.3) is 0 Å². The number of likely N-dealkylation sites (tertiary alicyclic amines) is 1. The van der Waals surface area contributed by atoms with Crippen molar-refractivity contribution in [2.45, 2.75) is 52.6 Å². The summed E-state index contributed by atoms with van der Waals surface area (Å²) in [6, 6.07) is 0. The van der Waals surface area contributed by atoms with Gasteiger partial charge in [-0.15, -0.1) is 24.0 Å². The Morgan fingerprint density at radius 1 is 1.15 bits per heavy atom. The van der Waals surface area contributed by atoms with Crippen LogP contribution >= 0.6 is 24.0 Å². The highest BCUT2D eigenvalue weighted by molar-refractivity contribution is 14.0. The standard InChI is InChI=1S/C19H37N5O2.HI/c1-16-7-5-10-24(15-16)17(20)21-8-6-9-22-11-13-23(14-12-22)18(25)26-19(2,3)4;/h16H,5-15H2,1-4H3,(H2,20,21);1H. The number of guanidine groups is 1. The summed E-state index contributed by atoms with van der Waals surface area (Å²) in [7, 11) is 0. The fourth-order valence-electron chi connectivity index (χ4n) is 3.47. The quantitative estimate of drug-likeness (QED) is 0.281. The van der Waals surface area contributed by atoms with Gasteiger partial charge >= 0.3 is 6.09 Å². The van der Waals surface area contributed by atoms with E-state index in [1.807, 2.05) is 20.8 Å². The number of amides is 1. The number of piperidine rings is 1. The maximum atomic E-state index is 12.1. The summed E-state index contributed by atoms with van der Waals surface area (Å²) in [6.45, 7) is 15.0. The van der Waals surface area contributed by atoms with E-state index in [2.05, 4.69) is 21.7 Å². The third kappa shape index (κ3) is 8.85. The van der Waals surface area contributed by atoms with Crippen molar-refractivity contribution < 1.29 is 9.53 Å². The van der Waals surface area contributed by atoms with Gasteiger partial charge in [-0.05, 0) is 46.0 Å². The third-order valence-electron chi connectivity index (χ3n) is 4.91. The van der Waals surface area contributed by atoms with Crippen molar-refractivity contribution in [2.75, 3.05) is 52.4 Å². The van der Waals surface area contributed by atoms with Gasteiger partial charge in [0.05, 0.1) is 0 Å². The van der Waals surface area contributed by atoms with Crippen LogP contribution in [0, 0.1) is 5.92 Å². The molecule has 0 aromatic carbocycles. The fourth-order valence-corrected chi connectivity index (χ4v) is 3.47. The molecule has 1 amide bonds. The number of nitrogens with two attached hydrogens (primary N) is 1.